The van der Waals surface area contributed by atoms with E-state index in [1.165, 1.54) is 4.90 Å². The van der Waals surface area contributed by atoms with E-state index in [0.29, 0.717) is 12.2 Å². The summed E-state index contributed by atoms with van der Waals surface area (Å²) < 4.78 is 6.60. The van der Waals surface area contributed by atoms with Crippen molar-refractivity contribution in [2.45, 2.75) is 13.0 Å². The van der Waals surface area contributed by atoms with Gasteiger partial charge in [-0.05, 0) is 56.5 Å². The number of ether oxygens (including phenoxy) is 1. The molecule has 1 aliphatic rings. The fourth-order valence-corrected chi connectivity index (χ4v) is 3.60. The lowest BCUT2D eigenvalue weighted by atomic mass is 10.2. The van der Waals surface area contributed by atoms with E-state index in [4.69, 9.17) is 9.84 Å². The van der Waals surface area contributed by atoms with Crippen molar-refractivity contribution >= 4 is 49.5 Å². The number of nitrogens with one attached hydrogen (secondary N) is 1. The van der Waals surface area contributed by atoms with Crippen molar-refractivity contribution < 1.29 is 19.4 Å². The molecule has 1 fully saturated rings. The number of hydrogen-bond donors (Lipinski definition) is 2. The summed E-state index contributed by atoms with van der Waals surface area (Å²) in [4.78, 5) is 24.6. The number of anilines is 1. The molecule has 2 N–H and O–H groups in total. The molecule has 2 rings (SSSR count). The third-order valence-corrected chi connectivity index (χ3v) is 4.30. The van der Waals surface area contributed by atoms with E-state index < -0.39 is 12.1 Å². The summed E-state index contributed by atoms with van der Waals surface area (Å²) in [7, 11) is 0. The molecule has 0 aromatic heterocycles. The predicted molar refractivity (Wildman–Crippen MR) is 84.5 cm³/mol. The number of rotatable bonds is 2. The second-order valence-corrected chi connectivity index (χ2v) is 6.39. The smallest absolute Gasteiger partial charge is 0.334 e. The van der Waals surface area contributed by atoms with E-state index in [1.807, 2.05) is 19.1 Å². The molecule has 2 amide bonds. The minimum Gasteiger partial charge on any atom is -0.479 e. The van der Waals surface area contributed by atoms with E-state index >= 15 is 0 Å². The Labute approximate surface area is 138 Å². The summed E-state index contributed by atoms with van der Waals surface area (Å²) in [5.74, 6) is -1.06. The number of urea groups is 1. The van der Waals surface area contributed by atoms with Crippen LogP contribution in [0.15, 0.2) is 21.1 Å². The number of halogens is 2. The number of benzene rings is 1. The van der Waals surface area contributed by atoms with Crippen LogP contribution in [0.4, 0.5) is 10.5 Å². The topological polar surface area (TPSA) is 78.9 Å². The molecule has 1 atom stereocenters. The standard InChI is InChI=1S/C13H14Br2N2O4/c1-7-4-8(14)11(9(15)5-7)16-13(20)17-2-3-21-10(6-17)12(18)19/h4-5,10H,2-3,6H2,1H3,(H,16,20)(H,18,19). The molecule has 0 spiro atoms. The SMILES string of the molecule is Cc1cc(Br)c(NC(=O)N2CCOC(C(=O)O)C2)c(Br)c1. The Hall–Kier alpha value is -1.12. The van der Waals surface area contributed by atoms with Gasteiger partial charge < -0.3 is 20.1 Å². The van der Waals surface area contributed by atoms with Crippen molar-refractivity contribution in [2.24, 2.45) is 0 Å². The number of aliphatic carboxylic acids is 1. The molecular weight excluding hydrogens is 408 g/mol. The zero-order chi connectivity index (χ0) is 15.6. The number of aryl methyl sites for hydroxylation is 1. The number of carbonyl (C=O) groups is 2. The summed E-state index contributed by atoms with van der Waals surface area (Å²) in [6.45, 7) is 2.54. The third kappa shape index (κ3) is 3.96. The first kappa shape index (κ1) is 16.3. The molecular formula is C13H14Br2N2O4. The average Bonchev–Trinajstić information content (AvgIpc) is 2.42. The predicted octanol–water partition coefficient (Wildman–Crippen LogP) is 2.84. The molecule has 1 unspecified atom stereocenters. The molecule has 1 saturated heterocycles. The maximum absolute atomic E-state index is 12.2. The van der Waals surface area contributed by atoms with E-state index in [-0.39, 0.29) is 19.2 Å². The Morgan fingerprint density at radius 2 is 2.00 bits per heavy atom. The Balaban J connectivity index is 2.10. The van der Waals surface area contributed by atoms with Crippen LogP contribution < -0.4 is 5.32 Å². The minimum atomic E-state index is -1.06. The molecule has 8 heteroatoms. The van der Waals surface area contributed by atoms with Crippen molar-refractivity contribution in [3.05, 3.63) is 26.6 Å². The first-order valence-electron chi connectivity index (χ1n) is 6.24. The Bertz CT molecular complexity index is 556. The Morgan fingerprint density at radius 3 is 2.57 bits per heavy atom. The van der Waals surface area contributed by atoms with Gasteiger partial charge in [0.15, 0.2) is 6.10 Å². The molecule has 0 aliphatic carbocycles. The van der Waals surface area contributed by atoms with Crippen LogP contribution in [0.5, 0.6) is 0 Å². The van der Waals surface area contributed by atoms with E-state index in [9.17, 15) is 9.59 Å². The highest BCUT2D eigenvalue weighted by atomic mass is 79.9. The van der Waals surface area contributed by atoms with Gasteiger partial charge in [0, 0.05) is 15.5 Å². The van der Waals surface area contributed by atoms with Crippen molar-refractivity contribution in [2.75, 3.05) is 25.0 Å². The van der Waals surface area contributed by atoms with Gasteiger partial charge in [-0.3, -0.25) is 0 Å². The molecule has 114 valence electrons. The van der Waals surface area contributed by atoms with Crippen LogP contribution >= 0.6 is 31.9 Å². The van der Waals surface area contributed by atoms with Crippen LogP contribution in [-0.2, 0) is 9.53 Å². The van der Waals surface area contributed by atoms with E-state index in [0.717, 1.165) is 14.5 Å². The first-order valence-corrected chi connectivity index (χ1v) is 7.83. The maximum atomic E-state index is 12.2. The Kier molecular flexibility index (Phi) is 5.23. The van der Waals surface area contributed by atoms with Gasteiger partial charge in [-0.2, -0.15) is 0 Å². The van der Waals surface area contributed by atoms with Gasteiger partial charge in [0.1, 0.15) is 0 Å². The summed E-state index contributed by atoms with van der Waals surface area (Å²) in [6, 6.07) is 3.43. The van der Waals surface area contributed by atoms with Gasteiger partial charge in [0.2, 0.25) is 0 Å². The number of nitrogens with zero attached hydrogens (tertiary/aromatic N) is 1. The van der Waals surface area contributed by atoms with Crippen LogP contribution in [-0.4, -0.2) is 47.8 Å². The monoisotopic (exact) mass is 420 g/mol. The fourth-order valence-electron chi connectivity index (χ4n) is 1.99. The van der Waals surface area contributed by atoms with Gasteiger partial charge >= 0.3 is 12.0 Å². The second kappa shape index (κ2) is 6.76. The van der Waals surface area contributed by atoms with Crippen molar-refractivity contribution in [1.29, 1.82) is 0 Å². The zero-order valence-electron chi connectivity index (χ0n) is 11.2. The maximum Gasteiger partial charge on any atom is 0.334 e. The number of carboxylic acids is 1. The number of amides is 2. The quantitative estimate of drug-likeness (QED) is 0.769. The number of hydrogen-bond acceptors (Lipinski definition) is 3. The largest absolute Gasteiger partial charge is 0.479 e. The van der Waals surface area contributed by atoms with Crippen molar-refractivity contribution in [3.8, 4) is 0 Å². The molecule has 0 saturated carbocycles. The lowest BCUT2D eigenvalue weighted by Gasteiger charge is -2.31. The van der Waals surface area contributed by atoms with Crippen LogP contribution in [0.25, 0.3) is 0 Å². The molecule has 1 aliphatic heterocycles. The minimum absolute atomic E-state index is 0.0300. The average molecular weight is 422 g/mol. The number of carbonyl (C=O) groups excluding carboxylic acids is 1. The lowest BCUT2D eigenvalue weighted by Crippen LogP contribution is -2.50. The summed E-state index contributed by atoms with van der Waals surface area (Å²) in [6.07, 6.45) is -0.977. The molecule has 0 radical (unpaired) electrons. The highest BCUT2D eigenvalue weighted by molar-refractivity contribution is 9.11. The number of morpholine rings is 1. The van der Waals surface area contributed by atoms with Crippen LogP contribution in [0.2, 0.25) is 0 Å². The summed E-state index contributed by atoms with van der Waals surface area (Å²) in [5.41, 5.74) is 1.66. The molecule has 1 aromatic rings. The third-order valence-electron chi connectivity index (χ3n) is 3.05. The molecule has 1 heterocycles. The fraction of sp³-hybridized carbons (Fsp3) is 0.385. The second-order valence-electron chi connectivity index (χ2n) is 4.68. The first-order chi connectivity index (χ1) is 9.88. The molecule has 21 heavy (non-hydrogen) atoms. The Morgan fingerprint density at radius 1 is 1.38 bits per heavy atom. The van der Waals surface area contributed by atoms with E-state index in [1.54, 1.807) is 0 Å². The number of carboxylic acid groups (broad SMARTS) is 1. The van der Waals surface area contributed by atoms with Gasteiger partial charge in [-0.25, -0.2) is 9.59 Å². The highest BCUT2D eigenvalue weighted by Crippen LogP contribution is 2.32. The van der Waals surface area contributed by atoms with Gasteiger partial charge in [0.05, 0.1) is 18.8 Å². The van der Waals surface area contributed by atoms with Crippen molar-refractivity contribution in [1.82, 2.24) is 4.90 Å². The lowest BCUT2D eigenvalue weighted by molar-refractivity contribution is -0.154. The highest BCUT2D eigenvalue weighted by Gasteiger charge is 2.29. The van der Waals surface area contributed by atoms with Crippen LogP contribution in [0, 0.1) is 6.92 Å². The van der Waals surface area contributed by atoms with Gasteiger partial charge in [-0.1, -0.05) is 0 Å². The van der Waals surface area contributed by atoms with E-state index in [2.05, 4.69) is 37.2 Å². The zero-order valence-corrected chi connectivity index (χ0v) is 14.4. The van der Waals surface area contributed by atoms with Crippen molar-refractivity contribution in [3.63, 3.8) is 0 Å². The molecule has 1 aromatic carbocycles. The molecule has 0 bridgehead atoms. The molecule has 6 nitrogen and oxygen atoms in total. The van der Waals surface area contributed by atoms with Crippen LogP contribution in [0.1, 0.15) is 5.56 Å². The van der Waals surface area contributed by atoms with Gasteiger partial charge in [0.25, 0.3) is 0 Å². The normalized spacial score (nSPS) is 18.4. The van der Waals surface area contributed by atoms with Crippen LogP contribution in [0.3, 0.4) is 0 Å². The summed E-state index contributed by atoms with van der Waals surface area (Å²) >= 11 is 6.81. The van der Waals surface area contributed by atoms with Gasteiger partial charge in [-0.15, -0.1) is 0 Å². The summed E-state index contributed by atoms with van der Waals surface area (Å²) in [5, 5.41) is 11.7.